The van der Waals surface area contributed by atoms with Crippen LogP contribution in [0.15, 0.2) is 76.8 Å². The first-order valence-corrected chi connectivity index (χ1v) is 16.3. The molecule has 0 aliphatic rings. The number of nitrogens with one attached hydrogen (secondary N) is 1. The third-order valence-corrected chi connectivity index (χ3v) is 9.96. The second-order valence-electron chi connectivity index (χ2n) is 9.43. The summed E-state index contributed by atoms with van der Waals surface area (Å²) in [6.07, 6.45) is 0. The Morgan fingerprint density at radius 3 is 2.32 bits per heavy atom. The topological polar surface area (TPSA) is 97.2 Å². The van der Waals surface area contributed by atoms with Gasteiger partial charge in [-0.15, -0.1) is 10.2 Å². The summed E-state index contributed by atoms with van der Waals surface area (Å²) in [5.41, 5.74) is 3.14. The highest BCUT2D eigenvalue weighted by molar-refractivity contribution is 7.99. The molecule has 0 unspecified atom stereocenters. The van der Waals surface area contributed by atoms with Gasteiger partial charge in [0, 0.05) is 29.4 Å². The molecule has 3 aromatic carbocycles. The molecule has 1 N–H and O–H groups in total. The summed E-state index contributed by atoms with van der Waals surface area (Å²) in [5, 5.41) is 13.2. The molecule has 0 aliphatic heterocycles. The van der Waals surface area contributed by atoms with E-state index in [4.69, 9.17) is 23.2 Å². The van der Waals surface area contributed by atoms with Gasteiger partial charge in [0.1, 0.15) is 0 Å². The summed E-state index contributed by atoms with van der Waals surface area (Å²) in [7, 11) is -3.58. The van der Waals surface area contributed by atoms with Crippen LogP contribution in [0.5, 0.6) is 0 Å². The zero-order valence-electron chi connectivity index (χ0n) is 23.1. The van der Waals surface area contributed by atoms with Crippen LogP contribution < -0.4 is 5.32 Å². The van der Waals surface area contributed by atoms with E-state index in [-0.39, 0.29) is 22.5 Å². The number of carbonyl (C=O) groups is 1. The predicted molar refractivity (Wildman–Crippen MR) is 167 cm³/mol. The van der Waals surface area contributed by atoms with Gasteiger partial charge >= 0.3 is 0 Å². The number of para-hydroxylation sites is 1. The van der Waals surface area contributed by atoms with E-state index in [0.717, 1.165) is 11.3 Å². The Hall–Kier alpha value is -2.89. The molecule has 0 radical (unpaired) electrons. The highest BCUT2D eigenvalue weighted by Crippen LogP contribution is 2.35. The van der Waals surface area contributed by atoms with Gasteiger partial charge in [0.2, 0.25) is 15.9 Å². The van der Waals surface area contributed by atoms with Gasteiger partial charge in [0.25, 0.3) is 0 Å². The predicted octanol–water partition coefficient (Wildman–Crippen LogP) is 7.13. The van der Waals surface area contributed by atoms with Gasteiger partial charge in [0.15, 0.2) is 11.0 Å². The van der Waals surface area contributed by atoms with Crippen molar-refractivity contribution in [3.05, 3.63) is 82.3 Å². The molecule has 1 heterocycles. The van der Waals surface area contributed by atoms with Crippen molar-refractivity contribution in [2.24, 2.45) is 0 Å². The van der Waals surface area contributed by atoms with Crippen LogP contribution in [0.2, 0.25) is 10.0 Å². The first kappa shape index (κ1) is 31.1. The standard InChI is InChI=1S/C29H31Cl2N5O3S2/c1-5-35(6-2)41(38,39)22-14-12-21(13-15-22)32-27(37)18-40-29-34-33-28(24-16-11-20(30)17-25(24)31)36(29)26-10-8-7-9-23(26)19(3)4/h7-17,19H,5-6,18H2,1-4H3,(H,32,37). The van der Waals surface area contributed by atoms with Crippen LogP contribution in [0.25, 0.3) is 17.1 Å². The van der Waals surface area contributed by atoms with Crippen molar-refractivity contribution in [1.82, 2.24) is 19.1 Å². The molecule has 0 saturated carbocycles. The van der Waals surface area contributed by atoms with E-state index < -0.39 is 10.0 Å². The van der Waals surface area contributed by atoms with Crippen LogP contribution >= 0.6 is 35.0 Å². The maximum Gasteiger partial charge on any atom is 0.243 e. The lowest BCUT2D eigenvalue weighted by molar-refractivity contribution is -0.113. The highest BCUT2D eigenvalue weighted by atomic mass is 35.5. The van der Waals surface area contributed by atoms with Crippen LogP contribution in [0.4, 0.5) is 5.69 Å². The summed E-state index contributed by atoms with van der Waals surface area (Å²) in [6, 6.07) is 19.3. The molecule has 12 heteroatoms. The van der Waals surface area contributed by atoms with Crippen molar-refractivity contribution < 1.29 is 13.2 Å². The molecule has 1 aromatic heterocycles. The Labute approximate surface area is 255 Å². The molecule has 0 aliphatic carbocycles. The van der Waals surface area contributed by atoms with Crippen molar-refractivity contribution in [2.75, 3.05) is 24.2 Å². The number of aromatic nitrogens is 3. The van der Waals surface area contributed by atoms with Gasteiger partial charge in [-0.2, -0.15) is 4.31 Å². The van der Waals surface area contributed by atoms with Gasteiger partial charge in [-0.25, -0.2) is 8.42 Å². The summed E-state index contributed by atoms with van der Waals surface area (Å²) >= 11 is 13.9. The first-order chi connectivity index (χ1) is 19.6. The van der Waals surface area contributed by atoms with Gasteiger partial charge in [-0.05, 0) is 60.0 Å². The van der Waals surface area contributed by atoms with Crippen LogP contribution in [0, 0.1) is 0 Å². The summed E-state index contributed by atoms with van der Waals surface area (Å²) < 4.78 is 28.8. The van der Waals surface area contributed by atoms with Crippen LogP contribution in [-0.2, 0) is 14.8 Å². The van der Waals surface area contributed by atoms with Crippen molar-refractivity contribution >= 4 is 56.6 Å². The average Bonchev–Trinajstić information content (AvgIpc) is 3.36. The lowest BCUT2D eigenvalue weighted by atomic mass is 10.0. The number of hydrogen-bond acceptors (Lipinski definition) is 6. The van der Waals surface area contributed by atoms with E-state index in [1.165, 1.54) is 28.2 Å². The van der Waals surface area contributed by atoms with E-state index >= 15 is 0 Å². The van der Waals surface area contributed by atoms with E-state index in [1.807, 2.05) is 22.8 Å². The molecule has 8 nitrogen and oxygen atoms in total. The summed E-state index contributed by atoms with van der Waals surface area (Å²) in [4.78, 5) is 13.1. The average molecular weight is 633 g/mol. The minimum Gasteiger partial charge on any atom is -0.325 e. The summed E-state index contributed by atoms with van der Waals surface area (Å²) in [5.74, 6) is 0.534. The minimum atomic E-state index is -3.58. The van der Waals surface area contributed by atoms with Crippen LogP contribution in [0.3, 0.4) is 0 Å². The molecule has 0 atom stereocenters. The molecular formula is C29H31Cl2N5O3S2. The summed E-state index contributed by atoms with van der Waals surface area (Å²) in [6.45, 7) is 8.57. The molecule has 4 rings (SSSR count). The number of anilines is 1. The van der Waals surface area contributed by atoms with Gasteiger partial charge < -0.3 is 5.32 Å². The fourth-order valence-electron chi connectivity index (χ4n) is 4.36. The monoisotopic (exact) mass is 631 g/mol. The number of sulfonamides is 1. The lowest BCUT2D eigenvalue weighted by Crippen LogP contribution is -2.30. The molecule has 0 fully saturated rings. The largest absolute Gasteiger partial charge is 0.325 e. The Morgan fingerprint density at radius 1 is 1.00 bits per heavy atom. The van der Waals surface area contributed by atoms with Crippen molar-refractivity contribution in [2.45, 2.75) is 43.7 Å². The number of benzene rings is 3. The number of halogens is 2. The van der Waals surface area contributed by atoms with Crippen molar-refractivity contribution in [3.8, 4) is 17.1 Å². The molecule has 216 valence electrons. The van der Waals surface area contributed by atoms with Crippen LogP contribution in [-0.4, -0.2) is 52.2 Å². The van der Waals surface area contributed by atoms with Crippen LogP contribution in [0.1, 0.15) is 39.2 Å². The number of hydrogen-bond donors (Lipinski definition) is 1. The maximum absolute atomic E-state index is 12.9. The number of carbonyl (C=O) groups excluding carboxylic acids is 1. The smallest absolute Gasteiger partial charge is 0.243 e. The third kappa shape index (κ3) is 6.95. The normalized spacial score (nSPS) is 11.8. The molecule has 0 saturated heterocycles. The number of amides is 1. The van der Waals surface area contributed by atoms with E-state index in [9.17, 15) is 13.2 Å². The quantitative estimate of drug-likeness (QED) is 0.177. The number of thioether (sulfide) groups is 1. The second-order valence-corrected chi connectivity index (χ2v) is 13.2. The molecule has 41 heavy (non-hydrogen) atoms. The highest BCUT2D eigenvalue weighted by Gasteiger charge is 2.23. The van der Waals surface area contributed by atoms with Crippen molar-refractivity contribution in [1.29, 1.82) is 0 Å². The lowest BCUT2D eigenvalue weighted by Gasteiger charge is -2.18. The molecule has 0 spiro atoms. The zero-order valence-corrected chi connectivity index (χ0v) is 26.3. The maximum atomic E-state index is 12.9. The van der Waals surface area contributed by atoms with Gasteiger partial charge in [-0.3, -0.25) is 9.36 Å². The van der Waals surface area contributed by atoms with Gasteiger partial charge in [0.05, 0.1) is 21.4 Å². The Balaban J connectivity index is 1.58. The van der Waals surface area contributed by atoms with Gasteiger partial charge in [-0.1, -0.05) is 80.9 Å². The molecule has 1 amide bonds. The first-order valence-electron chi connectivity index (χ1n) is 13.1. The minimum absolute atomic E-state index is 0.0514. The zero-order chi connectivity index (χ0) is 29.7. The second kappa shape index (κ2) is 13.4. The Morgan fingerprint density at radius 2 is 1.68 bits per heavy atom. The van der Waals surface area contributed by atoms with E-state index in [2.05, 4.69) is 35.4 Å². The van der Waals surface area contributed by atoms with E-state index in [0.29, 0.717) is 45.4 Å². The fourth-order valence-corrected chi connectivity index (χ4v) is 7.05. The Bertz CT molecular complexity index is 1640. The SMILES string of the molecule is CCN(CC)S(=O)(=O)c1ccc(NC(=O)CSc2nnc(-c3ccc(Cl)cc3Cl)n2-c2ccccc2C(C)C)cc1. The number of rotatable bonds is 11. The third-order valence-electron chi connectivity index (χ3n) is 6.42. The fraction of sp³-hybridized carbons (Fsp3) is 0.276. The number of nitrogens with zero attached hydrogens (tertiary/aromatic N) is 4. The molecule has 4 aromatic rings. The molecule has 0 bridgehead atoms. The van der Waals surface area contributed by atoms with Crippen molar-refractivity contribution in [3.63, 3.8) is 0 Å². The molecular weight excluding hydrogens is 601 g/mol. The Kier molecular flexibility index (Phi) is 10.1. The van der Waals surface area contributed by atoms with E-state index in [1.54, 1.807) is 44.2 Å².